The largest absolute Gasteiger partial charge is 0.352 e. The van der Waals surface area contributed by atoms with Crippen molar-refractivity contribution in [3.63, 3.8) is 0 Å². The molecule has 3 aromatic carbocycles. The molecule has 2 amide bonds. The van der Waals surface area contributed by atoms with Gasteiger partial charge in [-0.1, -0.05) is 60.5 Å². The second-order valence-corrected chi connectivity index (χ2v) is 12.2. The summed E-state index contributed by atoms with van der Waals surface area (Å²) in [4.78, 5) is 28.2. The maximum absolute atomic E-state index is 13.5. The van der Waals surface area contributed by atoms with Gasteiger partial charge in [0.2, 0.25) is 11.8 Å². The van der Waals surface area contributed by atoms with E-state index in [2.05, 4.69) is 5.32 Å². The molecule has 1 heterocycles. The quantitative estimate of drug-likeness (QED) is 0.332. The van der Waals surface area contributed by atoms with Crippen LogP contribution in [0.2, 0.25) is 10.0 Å². The Morgan fingerprint density at radius 3 is 2.29 bits per heavy atom. The third-order valence-electron chi connectivity index (χ3n) is 6.99. The second kappa shape index (κ2) is 11.5. The number of nitrogens with zero attached hydrogens (tertiary/aromatic N) is 2. The highest BCUT2D eigenvalue weighted by Crippen LogP contribution is 2.42. The molecule has 1 aliphatic heterocycles. The molecule has 1 aliphatic rings. The van der Waals surface area contributed by atoms with Crippen LogP contribution in [-0.4, -0.2) is 43.8 Å². The summed E-state index contributed by atoms with van der Waals surface area (Å²) in [5.74, 6) is -0.569. The zero-order valence-electron chi connectivity index (χ0n) is 21.6. The van der Waals surface area contributed by atoms with Gasteiger partial charge in [-0.05, 0) is 56.3 Å². The average molecular weight is 577 g/mol. The lowest BCUT2D eigenvalue weighted by atomic mass is 10.1. The molecule has 0 unspecified atom stereocenters. The van der Waals surface area contributed by atoms with E-state index in [4.69, 9.17) is 23.2 Å². The fourth-order valence-electron chi connectivity index (χ4n) is 4.62. The molecule has 0 aromatic heterocycles. The Morgan fingerprint density at radius 2 is 1.63 bits per heavy atom. The number of amides is 2. The van der Waals surface area contributed by atoms with Crippen molar-refractivity contribution in [2.24, 2.45) is 0 Å². The van der Waals surface area contributed by atoms with E-state index < -0.39 is 16.1 Å². The lowest BCUT2D eigenvalue weighted by Gasteiger charge is -2.30. The fraction of sp³-hybridized carbons (Fsp3) is 0.357. The standard InChI is InChI=1S/C28H31Cl2N3O4S/c1-4-18(2)31-28(35)19(3)32(17-21-22(29)11-7-12-23(21)30)26(34)15-8-16-33-24-13-5-9-20-10-6-14-25(27(20)24)38(33,36)37/h5-7,9-14,18-19H,4,8,15-17H2,1-3H3,(H,31,35)/t18-,19+/m1/s1. The summed E-state index contributed by atoms with van der Waals surface area (Å²) in [5.41, 5.74) is 1.17. The van der Waals surface area contributed by atoms with Gasteiger partial charge in [0.15, 0.2) is 0 Å². The maximum atomic E-state index is 13.5. The van der Waals surface area contributed by atoms with Gasteiger partial charge in [0.25, 0.3) is 10.0 Å². The molecule has 38 heavy (non-hydrogen) atoms. The molecule has 4 rings (SSSR count). The van der Waals surface area contributed by atoms with E-state index in [-0.39, 0.29) is 48.7 Å². The summed E-state index contributed by atoms with van der Waals surface area (Å²) in [7, 11) is -3.71. The lowest BCUT2D eigenvalue weighted by molar-refractivity contribution is -0.140. The first kappa shape index (κ1) is 28.2. The van der Waals surface area contributed by atoms with Crippen LogP contribution in [0, 0.1) is 0 Å². The third kappa shape index (κ3) is 5.48. The minimum Gasteiger partial charge on any atom is -0.352 e. The number of carbonyl (C=O) groups excluding carboxylic acids is 2. The highest BCUT2D eigenvalue weighted by Gasteiger charge is 2.35. The Bertz CT molecular complexity index is 1450. The molecule has 0 saturated heterocycles. The van der Waals surface area contributed by atoms with E-state index in [1.54, 1.807) is 43.3 Å². The summed E-state index contributed by atoms with van der Waals surface area (Å²) < 4.78 is 27.9. The molecule has 10 heteroatoms. The summed E-state index contributed by atoms with van der Waals surface area (Å²) in [5, 5.41) is 5.28. The third-order valence-corrected chi connectivity index (χ3v) is 9.56. The van der Waals surface area contributed by atoms with Gasteiger partial charge in [-0.2, -0.15) is 0 Å². The molecule has 0 radical (unpaired) electrons. The number of sulfonamides is 1. The van der Waals surface area contributed by atoms with Crippen molar-refractivity contribution in [2.45, 2.75) is 63.6 Å². The first-order valence-corrected chi connectivity index (χ1v) is 14.8. The summed E-state index contributed by atoms with van der Waals surface area (Å²) in [6.45, 7) is 5.72. The molecule has 2 atom stereocenters. The Balaban J connectivity index is 1.53. The highest BCUT2D eigenvalue weighted by atomic mass is 35.5. The smallest absolute Gasteiger partial charge is 0.265 e. The van der Waals surface area contributed by atoms with E-state index in [1.165, 1.54) is 9.21 Å². The number of hydrogen-bond donors (Lipinski definition) is 1. The number of rotatable bonds is 10. The maximum Gasteiger partial charge on any atom is 0.265 e. The van der Waals surface area contributed by atoms with E-state index in [1.807, 2.05) is 32.0 Å². The molecule has 0 fully saturated rings. The van der Waals surface area contributed by atoms with Gasteiger partial charge in [-0.15, -0.1) is 0 Å². The van der Waals surface area contributed by atoms with Crippen LogP contribution < -0.4 is 9.62 Å². The van der Waals surface area contributed by atoms with Gasteiger partial charge in [0.05, 0.1) is 10.6 Å². The fourth-order valence-corrected chi connectivity index (χ4v) is 6.88. The zero-order valence-corrected chi connectivity index (χ0v) is 23.9. The monoisotopic (exact) mass is 575 g/mol. The van der Waals surface area contributed by atoms with Crippen LogP contribution in [0.3, 0.4) is 0 Å². The van der Waals surface area contributed by atoms with Crippen molar-refractivity contribution in [2.75, 3.05) is 10.8 Å². The first-order valence-electron chi connectivity index (χ1n) is 12.6. The predicted octanol–water partition coefficient (Wildman–Crippen LogP) is 5.77. The molecule has 202 valence electrons. The van der Waals surface area contributed by atoms with Crippen LogP contribution >= 0.6 is 23.2 Å². The van der Waals surface area contributed by atoms with Crippen LogP contribution in [-0.2, 0) is 26.2 Å². The van der Waals surface area contributed by atoms with Gasteiger partial charge in [0.1, 0.15) is 6.04 Å². The van der Waals surface area contributed by atoms with Crippen LogP contribution in [0.25, 0.3) is 10.8 Å². The first-order chi connectivity index (χ1) is 18.1. The molecule has 0 aliphatic carbocycles. The number of carbonyl (C=O) groups is 2. The van der Waals surface area contributed by atoms with Crippen molar-refractivity contribution in [3.8, 4) is 0 Å². The van der Waals surface area contributed by atoms with Gasteiger partial charge < -0.3 is 10.2 Å². The average Bonchev–Trinajstić information content (AvgIpc) is 3.11. The molecule has 1 N–H and O–H groups in total. The Hall–Kier alpha value is -2.81. The van der Waals surface area contributed by atoms with Crippen molar-refractivity contribution in [1.29, 1.82) is 0 Å². The number of anilines is 1. The van der Waals surface area contributed by atoms with E-state index in [9.17, 15) is 18.0 Å². The van der Waals surface area contributed by atoms with Crippen LogP contribution in [0.5, 0.6) is 0 Å². The zero-order chi connectivity index (χ0) is 27.6. The van der Waals surface area contributed by atoms with Crippen LogP contribution in [0.4, 0.5) is 5.69 Å². The Labute approximate surface area is 233 Å². The Kier molecular flexibility index (Phi) is 8.55. The minimum absolute atomic E-state index is 0.0430. The summed E-state index contributed by atoms with van der Waals surface area (Å²) >= 11 is 12.8. The molecule has 0 saturated carbocycles. The number of benzene rings is 3. The van der Waals surface area contributed by atoms with Crippen LogP contribution in [0.1, 0.15) is 45.6 Å². The van der Waals surface area contributed by atoms with Crippen LogP contribution in [0.15, 0.2) is 59.5 Å². The van der Waals surface area contributed by atoms with E-state index >= 15 is 0 Å². The minimum atomic E-state index is -3.71. The van der Waals surface area contributed by atoms with E-state index in [0.29, 0.717) is 26.7 Å². The van der Waals surface area contributed by atoms with Crippen molar-refractivity contribution < 1.29 is 18.0 Å². The number of halogens is 2. The van der Waals surface area contributed by atoms with Crippen molar-refractivity contribution in [1.82, 2.24) is 10.2 Å². The van der Waals surface area contributed by atoms with Gasteiger partial charge in [-0.25, -0.2) is 8.42 Å². The highest BCUT2D eigenvalue weighted by molar-refractivity contribution is 7.93. The van der Waals surface area contributed by atoms with E-state index in [0.717, 1.165) is 11.8 Å². The molecule has 3 aromatic rings. The molecule has 7 nitrogen and oxygen atoms in total. The van der Waals surface area contributed by atoms with Gasteiger partial charge in [0, 0.05) is 46.5 Å². The van der Waals surface area contributed by atoms with Crippen molar-refractivity contribution >= 4 is 61.5 Å². The lowest BCUT2D eigenvalue weighted by Crippen LogP contribution is -2.49. The Morgan fingerprint density at radius 1 is 1.00 bits per heavy atom. The predicted molar refractivity (Wildman–Crippen MR) is 152 cm³/mol. The van der Waals surface area contributed by atoms with Gasteiger partial charge >= 0.3 is 0 Å². The molecule has 0 spiro atoms. The summed E-state index contributed by atoms with van der Waals surface area (Å²) in [6, 6.07) is 15.0. The topological polar surface area (TPSA) is 86.8 Å². The normalized spacial score (nSPS) is 15.3. The molecule has 0 bridgehead atoms. The molecular formula is C28H31Cl2N3O4S. The SMILES string of the molecule is CC[C@@H](C)NC(=O)[C@H](C)N(Cc1c(Cl)cccc1Cl)C(=O)CCCN1c2cccc3cccc(c23)S1(=O)=O. The molecular weight excluding hydrogens is 545 g/mol. The summed E-state index contributed by atoms with van der Waals surface area (Å²) in [6.07, 6.45) is 1.07. The number of nitrogens with one attached hydrogen (secondary N) is 1. The second-order valence-electron chi connectivity index (χ2n) is 9.53. The van der Waals surface area contributed by atoms with Crippen molar-refractivity contribution in [3.05, 3.63) is 70.2 Å². The van der Waals surface area contributed by atoms with Gasteiger partial charge in [-0.3, -0.25) is 13.9 Å². The number of hydrogen-bond acceptors (Lipinski definition) is 4.